The van der Waals surface area contributed by atoms with E-state index in [1.807, 2.05) is 18.2 Å². The smallest absolute Gasteiger partial charge is 0.249 e. The zero-order chi connectivity index (χ0) is 16.4. The standard InChI is InChI=1S/C16H18BrN3O2S/c1-9(21)18-14(10-4-2-3-5-10)15(22)20-16-19-12-7-6-11(17)8-13(12)23-16/h6-8,10,14H,2-5H2,1H3,(H,18,21)(H,19,20,22)/t14-/m0/s1. The van der Waals surface area contributed by atoms with E-state index < -0.39 is 6.04 Å². The Balaban J connectivity index is 1.77. The largest absolute Gasteiger partial charge is 0.344 e. The molecule has 0 saturated heterocycles. The van der Waals surface area contributed by atoms with Crippen LogP contribution in [-0.2, 0) is 9.59 Å². The summed E-state index contributed by atoms with van der Waals surface area (Å²) in [5.41, 5.74) is 0.852. The normalized spacial score (nSPS) is 16.4. The lowest BCUT2D eigenvalue weighted by Crippen LogP contribution is -2.47. The van der Waals surface area contributed by atoms with Crippen molar-refractivity contribution in [3.8, 4) is 0 Å². The minimum atomic E-state index is -0.478. The van der Waals surface area contributed by atoms with E-state index in [1.165, 1.54) is 18.3 Å². The number of thiazole rings is 1. The molecule has 1 aliphatic carbocycles. The molecule has 1 atom stereocenters. The monoisotopic (exact) mass is 395 g/mol. The molecule has 1 saturated carbocycles. The highest BCUT2D eigenvalue weighted by molar-refractivity contribution is 9.10. The van der Waals surface area contributed by atoms with Gasteiger partial charge in [-0.15, -0.1) is 0 Å². The molecule has 3 rings (SSSR count). The average molecular weight is 396 g/mol. The molecule has 0 radical (unpaired) electrons. The van der Waals surface area contributed by atoms with Gasteiger partial charge >= 0.3 is 0 Å². The van der Waals surface area contributed by atoms with E-state index >= 15 is 0 Å². The lowest BCUT2D eigenvalue weighted by Gasteiger charge is -2.22. The fourth-order valence-corrected chi connectivity index (χ4v) is 4.46. The Morgan fingerprint density at radius 3 is 2.78 bits per heavy atom. The Morgan fingerprint density at radius 1 is 1.35 bits per heavy atom. The number of nitrogens with zero attached hydrogens (tertiary/aromatic N) is 1. The molecule has 2 amide bonds. The van der Waals surface area contributed by atoms with Crippen LogP contribution in [0, 0.1) is 5.92 Å². The first-order valence-corrected chi connectivity index (χ1v) is 9.28. The van der Waals surface area contributed by atoms with E-state index in [2.05, 4.69) is 31.5 Å². The van der Waals surface area contributed by atoms with Crippen molar-refractivity contribution in [3.05, 3.63) is 22.7 Å². The summed E-state index contributed by atoms with van der Waals surface area (Å²) in [5, 5.41) is 6.24. The molecule has 0 unspecified atom stereocenters. The number of halogens is 1. The molecule has 0 spiro atoms. The molecule has 5 nitrogen and oxygen atoms in total. The van der Waals surface area contributed by atoms with E-state index in [-0.39, 0.29) is 17.7 Å². The van der Waals surface area contributed by atoms with E-state index in [0.29, 0.717) is 5.13 Å². The summed E-state index contributed by atoms with van der Waals surface area (Å²) in [6.45, 7) is 1.45. The minimum Gasteiger partial charge on any atom is -0.344 e. The summed E-state index contributed by atoms with van der Waals surface area (Å²) in [6, 6.07) is 5.33. The van der Waals surface area contributed by atoms with Crippen molar-refractivity contribution in [3.63, 3.8) is 0 Å². The van der Waals surface area contributed by atoms with Crippen LogP contribution in [0.1, 0.15) is 32.6 Å². The molecule has 122 valence electrons. The average Bonchev–Trinajstić information content (AvgIpc) is 3.12. The highest BCUT2D eigenvalue weighted by atomic mass is 79.9. The highest BCUT2D eigenvalue weighted by Gasteiger charge is 2.31. The SMILES string of the molecule is CC(=O)N[C@H](C(=O)Nc1nc2ccc(Br)cc2s1)C1CCCC1. The van der Waals surface area contributed by atoms with Crippen molar-refractivity contribution in [2.75, 3.05) is 5.32 Å². The number of amides is 2. The maximum absolute atomic E-state index is 12.6. The van der Waals surface area contributed by atoms with E-state index in [9.17, 15) is 9.59 Å². The maximum atomic E-state index is 12.6. The molecule has 2 N–H and O–H groups in total. The molecule has 0 aliphatic heterocycles. The van der Waals surface area contributed by atoms with Crippen LogP contribution in [0.3, 0.4) is 0 Å². The van der Waals surface area contributed by atoms with Crippen LogP contribution in [0.2, 0.25) is 0 Å². The Morgan fingerprint density at radius 2 is 2.09 bits per heavy atom. The molecule has 7 heteroatoms. The van der Waals surface area contributed by atoms with Gasteiger partial charge < -0.3 is 10.6 Å². The second-order valence-electron chi connectivity index (χ2n) is 5.84. The summed E-state index contributed by atoms with van der Waals surface area (Å²) in [5.74, 6) is -0.141. The van der Waals surface area contributed by atoms with Crippen molar-refractivity contribution in [1.82, 2.24) is 10.3 Å². The number of fused-ring (bicyclic) bond motifs is 1. The summed E-state index contributed by atoms with van der Waals surface area (Å²) in [4.78, 5) is 28.5. The lowest BCUT2D eigenvalue weighted by molar-refractivity contribution is -0.126. The number of benzene rings is 1. The summed E-state index contributed by atoms with van der Waals surface area (Å²) in [6.07, 6.45) is 4.18. The zero-order valence-electron chi connectivity index (χ0n) is 12.8. The van der Waals surface area contributed by atoms with E-state index in [1.54, 1.807) is 0 Å². The van der Waals surface area contributed by atoms with E-state index in [4.69, 9.17) is 0 Å². The van der Waals surface area contributed by atoms with Gasteiger partial charge in [0, 0.05) is 11.4 Å². The fraction of sp³-hybridized carbons (Fsp3) is 0.438. The number of carbonyl (C=O) groups is 2. The lowest BCUT2D eigenvalue weighted by atomic mass is 9.97. The molecule has 1 fully saturated rings. The number of hydrogen-bond donors (Lipinski definition) is 2. The van der Waals surface area contributed by atoms with Crippen LogP contribution >= 0.6 is 27.3 Å². The molecule has 2 aromatic rings. The predicted octanol–water partition coefficient (Wildman–Crippen LogP) is 3.69. The molecule has 1 aliphatic rings. The molecule has 23 heavy (non-hydrogen) atoms. The Hall–Kier alpha value is -1.47. The van der Waals surface area contributed by atoms with Crippen molar-refractivity contribution < 1.29 is 9.59 Å². The van der Waals surface area contributed by atoms with Gasteiger partial charge in [0.05, 0.1) is 10.2 Å². The molecule has 1 aromatic heterocycles. The van der Waals surface area contributed by atoms with Gasteiger partial charge in [0.15, 0.2) is 5.13 Å². The Bertz CT molecular complexity index is 740. The number of carbonyl (C=O) groups excluding carboxylic acids is 2. The highest BCUT2D eigenvalue weighted by Crippen LogP contribution is 2.31. The topological polar surface area (TPSA) is 71.1 Å². The van der Waals surface area contributed by atoms with Crippen LogP contribution in [0.15, 0.2) is 22.7 Å². The summed E-state index contributed by atoms with van der Waals surface area (Å²) < 4.78 is 1.99. The molecule has 1 aromatic carbocycles. The molecule has 0 bridgehead atoms. The van der Waals surface area contributed by atoms with Gasteiger partial charge in [0.1, 0.15) is 6.04 Å². The van der Waals surface area contributed by atoms with Gasteiger partial charge in [-0.2, -0.15) is 0 Å². The number of rotatable bonds is 4. The third kappa shape index (κ3) is 3.90. The van der Waals surface area contributed by atoms with Crippen LogP contribution in [0.4, 0.5) is 5.13 Å². The maximum Gasteiger partial charge on any atom is 0.249 e. The first kappa shape index (κ1) is 16.4. The van der Waals surface area contributed by atoms with Gasteiger partial charge in [-0.1, -0.05) is 40.1 Å². The van der Waals surface area contributed by atoms with Gasteiger partial charge in [-0.05, 0) is 37.0 Å². The van der Waals surface area contributed by atoms with Crippen LogP contribution in [0.5, 0.6) is 0 Å². The van der Waals surface area contributed by atoms with Gasteiger partial charge in [-0.3, -0.25) is 9.59 Å². The third-order valence-corrected chi connectivity index (χ3v) is 5.52. The van der Waals surface area contributed by atoms with Crippen LogP contribution in [0.25, 0.3) is 10.2 Å². The van der Waals surface area contributed by atoms with Crippen molar-refractivity contribution >= 4 is 54.4 Å². The van der Waals surface area contributed by atoms with Crippen molar-refractivity contribution in [1.29, 1.82) is 0 Å². The van der Waals surface area contributed by atoms with Gasteiger partial charge in [-0.25, -0.2) is 4.98 Å². The summed E-state index contributed by atoms with van der Waals surface area (Å²) in [7, 11) is 0. The first-order valence-electron chi connectivity index (χ1n) is 7.67. The first-order chi connectivity index (χ1) is 11.0. The fourth-order valence-electron chi connectivity index (χ4n) is 3.04. The van der Waals surface area contributed by atoms with Crippen LogP contribution in [-0.4, -0.2) is 22.8 Å². The second-order valence-corrected chi connectivity index (χ2v) is 7.79. The van der Waals surface area contributed by atoms with Gasteiger partial charge in [0.25, 0.3) is 0 Å². The zero-order valence-corrected chi connectivity index (χ0v) is 15.2. The quantitative estimate of drug-likeness (QED) is 0.828. The van der Waals surface area contributed by atoms with Crippen molar-refractivity contribution in [2.24, 2.45) is 5.92 Å². The minimum absolute atomic E-state index is 0.176. The van der Waals surface area contributed by atoms with Crippen molar-refractivity contribution in [2.45, 2.75) is 38.6 Å². The van der Waals surface area contributed by atoms with E-state index in [0.717, 1.165) is 40.4 Å². The predicted molar refractivity (Wildman–Crippen MR) is 95.5 cm³/mol. The van der Waals surface area contributed by atoms with Crippen LogP contribution < -0.4 is 10.6 Å². The second kappa shape index (κ2) is 6.97. The van der Waals surface area contributed by atoms with Gasteiger partial charge in [0.2, 0.25) is 11.8 Å². The number of hydrogen-bond acceptors (Lipinski definition) is 4. The third-order valence-electron chi connectivity index (χ3n) is 4.09. The number of nitrogens with one attached hydrogen (secondary N) is 2. The Kier molecular flexibility index (Phi) is 4.96. The molecular weight excluding hydrogens is 378 g/mol. The molecule has 1 heterocycles. The Labute approximate surface area is 147 Å². The summed E-state index contributed by atoms with van der Waals surface area (Å²) >= 11 is 4.86. The number of aromatic nitrogens is 1. The number of anilines is 1. The molecular formula is C16H18BrN3O2S.